The van der Waals surface area contributed by atoms with Crippen LogP contribution in [0.4, 0.5) is 4.79 Å². The highest BCUT2D eigenvalue weighted by molar-refractivity contribution is 6.63. The molecule has 0 aliphatic carbocycles. The van der Waals surface area contributed by atoms with Crippen molar-refractivity contribution >= 4 is 27.1 Å². The Hall–Kier alpha value is -2.41. The number of hydrogen-bond donors (Lipinski definition) is 2. The van der Waals surface area contributed by atoms with Crippen LogP contribution in [0, 0.1) is 5.92 Å². The Labute approximate surface area is 163 Å². The van der Waals surface area contributed by atoms with Crippen LogP contribution in [0.25, 0.3) is 0 Å². The smallest absolute Gasteiger partial charge is 0.408 e. The lowest BCUT2D eigenvalue weighted by molar-refractivity contribution is -0.127. The van der Waals surface area contributed by atoms with Gasteiger partial charge in [0.05, 0.1) is 14.0 Å². The number of aldehydes is 1. The Bertz CT molecular complexity index is 649. The van der Waals surface area contributed by atoms with Crippen molar-refractivity contribution in [1.82, 2.24) is 10.6 Å². The van der Waals surface area contributed by atoms with Gasteiger partial charge in [0.1, 0.15) is 18.9 Å². The maximum absolute atomic E-state index is 12.8. The van der Waals surface area contributed by atoms with Gasteiger partial charge in [0, 0.05) is 0 Å². The number of carbonyl (C=O) groups excluding carboxylic acids is 3. The molecule has 1 rings (SSSR count). The second-order valence-corrected chi connectivity index (χ2v) is 10.6. The molecule has 0 spiro atoms. The first-order valence-corrected chi connectivity index (χ1v) is 12.0. The van der Waals surface area contributed by atoms with Crippen LogP contribution in [0.1, 0.15) is 25.8 Å². The van der Waals surface area contributed by atoms with Crippen molar-refractivity contribution in [3.05, 3.63) is 48.6 Å². The van der Waals surface area contributed by atoms with Crippen molar-refractivity contribution in [3.63, 3.8) is 0 Å². The summed E-state index contributed by atoms with van der Waals surface area (Å²) in [7, 11) is -1.57. The highest BCUT2D eigenvalue weighted by atomic mass is 28.3. The van der Waals surface area contributed by atoms with Gasteiger partial charge in [0.25, 0.3) is 0 Å². The molecule has 0 heterocycles. The predicted molar refractivity (Wildman–Crippen MR) is 109 cm³/mol. The zero-order valence-electron chi connectivity index (χ0n) is 16.5. The summed E-state index contributed by atoms with van der Waals surface area (Å²) in [5, 5.41) is 4.55. The minimum absolute atomic E-state index is 0.118. The molecule has 0 aliphatic heterocycles. The maximum Gasteiger partial charge on any atom is 0.408 e. The fourth-order valence-corrected chi connectivity index (χ4v) is 3.96. The molecular weight excluding hydrogens is 360 g/mol. The molecule has 0 aliphatic rings. The van der Waals surface area contributed by atoms with Crippen LogP contribution < -0.4 is 10.6 Å². The summed E-state index contributed by atoms with van der Waals surface area (Å²) in [5.74, 6) is -0.562. The normalized spacial score (nSPS) is 14.1. The number of benzene rings is 1. The molecule has 0 bridgehead atoms. The Morgan fingerprint density at radius 3 is 2.37 bits per heavy atom. The third-order valence-electron chi connectivity index (χ3n) is 4.51. The molecule has 2 N–H and O–H groups in total. The average molecular weight is 391 g/mol. The van der Waals surface area contributed by atoms with Gasteiger partial charge < -0.3 is 20.2 Å². The van der Waals surface area contributed by atoms with Gasteiger partial charge in [-0.1, -0.05) is 63.3 Å². The minimum Gasteiger partial charge on any atom is -0.445 e. The number of amides is 2. The Morgan fingerprint density at radius 2 is 1.89 bits per heavy atom. The monoisotopic (exact) mass is 390 g/mol. The predicted octanol–water partition coefficient (Wildman–Crippen LogP) is 2.59. The van der Waals surface area contributed by atoms with E-state index in [1.807, 2.05) is 57.3 Å². The van der Waals surface area contributed by atoms with Gasteiger partial charge in [-0.25, -0.2) is 4.79 Å². The summed E-state index contributed by atoms with van der Waals surface area (Å²) in [5.41, 5.74) is 0.856. The van der Waals surface area contributed by atoms with E-state index in [0.717, 1.165) is 11.8 Å². The van der Waals surface area contributed by atoms with Crippen LogP contribution in [0.5, 0.6) is 0 Å². The van der Waals surface area contributed by atoms with E-state index in [-0.39, 0.29) is 12.5 Å². The number of ether oxygens (including phenoxy) is 1. The summed E-state index contributed by atoms with van der Waals surface area (Å²) >= 11 is 0. The Kier molecular flexibility index (Phi) is 8.94. The summed E-state index contributed by atoms with van der Waals surface area (Å²) in [6.07, 6.45) is 2.13. The van der Waals surface area contributed by atoms with Crippen molar-refractivity contribution in [1.29, 1.82) is 0 Å². The summed E-state index contributed by atoms with van der Waals surface area (Å²) < 4.78 is 5.20. The summed E-state index contributed by atoms with van der Waals surface area (Å²) in [6.45, 7) is 11.4. The maximum atomic E-state index is 12.8. The second kappa shape index (κ2) is 10.7. The fourth-order valence-electron chi connectivity index (χ4n) is 2.62. The first-order chi connectivity index (χ1) is 12.8. The lowest BCUT2D eigenvalue weighted by atomic mass is 10.0. The van der Waals surface area contributed by atoms with E-state index in [1.165, 1.54) is 0 Å². The summed E-state index contributed by atoms with van der Waals surface area (Å²) in [6, 6.07) is 8.49. The van der Waals surface area contributed by atoms with Crippen molar-refractivity contribution in [2.75, 3.05) is 0 Å². The van der Waals surface area contributed by atoms with E-state index < -0.39 is 32.0 Å². The lowest BCUT2D eigenvalue weighted by Crippen LogP contribution is -2.62. The third kappa shape index (κ3) is 6.67. The number of nitrogens with one attached hydrogen (secondary N) is 2. The van der Waals surface area contributed by atoms with Gasteiger partial charge >= 0.3 is 6.09 Å². The average Bonchev–Trinajstić information content (AvgIpc) is 2.64. The zero-order chi connectivity index (χ0) is 20.4. The van der Waals surface area contributed by atoms with Gasteiger partial charge in [-0.2, -0.15) is 0 Å². The van der Waals surface area contributed by atoms with Crippen LogP contribution in [-0.2, 0) is 20.9 Å². The lowest BCUT2D eigenvalue weighted by Gasteiger charge is -2.34. The molecule has 7 heteroatoms. The van der Waals surface area contributed by atoms with Crippen LogP contribution >= 0.6 is 0 Å². The van der Waals surface area contributed by atoms with Gasteiger partial charge in [-0.05, 0) is 17.9 Å². The molecular formula is C20H30N2O4Si. The Balaban J connectivity index is 2.78. The largest absolute Gasteiger partial charge is 0.445 e. The highest BCUT2D eigenvalue weighted by Crippen LogP contribution is 2.15. The highest BCUT2D eigenvalue weighted by Gasteiger charge is 2.37. The Morgan fingerprint density at radius 1 is 1.26 bits per heavy atom. The van der Waals surface area contributed by atoms with E-state index in [9.17, 15) is 14.4 Å². The molecule has 2 atom stereocenters. The van der Waals surface area contributed by atoms with Crippen LogP contribution in [-0.4, -0.2) is 38.3 Å². The zero-order valence-corrected chi connectivity index (χ0v) is 17.7. The van der Waals surface area contributed by atoms with Crippen molar-refractivity contribution in [2.24, 2.45) is 5.92 Å². The van der Waals surface area contributed by atoms with E-state index in [1.54, 1.807) is 6.08 Å². The molecule has 0 aromatic heterocycles. The van der Waals surface area contributed by atoms with Crippen LogP contribution in [0.3, 0.4) is 0 Å². The minimum atomic E-state index is -1.57. The number of carbonyl (C=O) groups is 3. The molecule has 0 saturated heterocycles. The molecule has 0 radical (unpaired) electrons. The second-order valence-electron chi connectivity index (χ2n) is 7.22. The molecule has 0 saturated carbocycles. The van der Waals surface area contributed by atoms with Gasteiger partial charge in [-0.15, -0.1) is 6.58 Å². The van der Waals surface area contributed by atoms with Gasteiger partial charge in [0.15, 0.2) is 0 Å². The number of alkyl carbamates (subject to hydrolysis) is 1. The topological polar surface area (TPSA) is 84.5 Å². The number of hydrogen-bond acceptors (Lipinski definition) is 4. The summed E-state index contributed by atoms with van der Waals surface area (Å²) in [4.78, 5) is 36.7. The van der Waals surface area contributed by atoms with Crippen LogP contribution in [0.15, 0.2) is 43.0 Å². The van der Waals surface area contributed by atoms with Crippen molar-refractivity contribution in [2.45, 2.75) is 51.2 Å². The van der Waals surface area contributed by atoms with Gasteiger partial charge in [-0.3, -0.25) is 4.79 Å². The molecule has 1 aromatic rings. The molecule has 2 amide bonds. The quantitative estimate of drug-likeness (QED) is 0.365. The standard InChI is InChI=1S/C20H30N2O4Si/c1-6-12-20(14-23,27(4)5)22-18(24)17(15(2)3)21-19(25)26-13-16-10-8-7-9-11-16/h6-11,14-15,17,27H,1,12-13H2,2-5H3,(H,21,25)(H,22,24)/t17-,20?/m0/s1. The van der Waals surface area contributed by atoms with E-state index >= 15 is 0 Å². The first-order valence-electron chi connectivity index (χ1n) is 9.12. The van der Waals surface area contributed by atoms with Gasteiger partial charge in [0.2, 0.25) is 5.91 Å². The molecule has 6 nitrogen and oxygen atoms in total. The molecule has 1 aromatic carbocycles. The molecule has 1 unspecified atom stereocenters. The van der Waals surface area contributed by atoms with E-state index in [2.05, 4.69) is 17.2 Å². The third-order valence-corrected chi connectivity index (χ3v) is 7.09. The van der Waals surface area contributed by atoms with Crippen molar-refractivity contribution < 1.29 is 19.1 Å². The molecule has 0 fully saturated rings. The fraction of sp³-hybridized carbons (Fsp3) is 0.450. The van der Waals surface area contributed by atoms with E-state index in [4.69, 9.17) is 4.74 Å². The SMILES string of the molecule is C=CCC(C=O)(NC(=O)[C@@H](NC(=O)OCc1ccccc1)C(C)C)[SiH](C)C. The van der Waals surface area contributed by atoms with E-state index in [0.29, 0.717) is 6.42 Å². The number of rotatable bonds is 10. The molecule has 148 valence electrons. The van der Waals surface area contributed by atoms with Crippen LogP contribution in [0.2, 0.25) is 13.1 Å². The molecule has 27 heavy (non-hydrogen) atoms. The first kappa shape index (κ1) is 22.6. The van der Waals surface area contributed by atoms with Crippen molar-refractivity contribution in [3.8, 4) is 0 Å².